The van der Waals surface area contributed by atoms with Gasteiger partial charge >= 0.3 is 5.97 Å². The second-order valence-electron chi connectivity index (χ2n) is 10.5. The highest BCUT2D eigenvalue weighted by molar-refractivity contribution is 5.91. The van der Waals surface area contributed by atoms with Crippen LogP contribution >= 0.6 is 0 Å². The molecule has 0 fully saturated rings. The molecule has 0 radical (unpaired) electrons. The molecule has 3 aromatic carbocycles. The van der Waals surface area contributed by atoms with Gasteiger partial charge in [-0.2, -0.15) is 0 Å². The highest BCUT2D eigenvalue weighted by Gasteiger charge is 2.09. The molecular weight excluding hydrogens is 526 g/mol. The van der Waals surface area contributed by atoms with E-state index in [1.165, 1.54) is 44.9 Å². The third kappa shape index (κ3) is 13.3. The van der Waals surface area contributed by atoms with Crippen molar-refractivity contribution in [2.24, 2.45) is 4.99 Å². The van der Waals surface area contributed by atoms with Crippen LogP contribution in [0, 0.1) is 0 Å². The number of aliphatic hydroxyl groups excluding tert-OH is 1. The third-order valence-corrected chi connectivity index (χ3v) is 6.97. The summed E-state index contributed by atoms with van der Waals surface area (Å²) in [4.78, 5) is 17.1. The van der Waals surface area contributed by atoms with Crippen molar-refractivity contribution in [3.63, 3.8) is 0 Å². The van der Waals surface area contributed by atoms with Gasteiger partial charge in [0.2, 0.25) is 0 Å². The van der Waals surface area contributed by atoms with Crippen molar-refractivity contribution >= 4 is 17.9 Å². The maximum absolute atomic E-state index is 12.6. The second kappa shape index (κ2) is 20.3. The Labute approximate surface area is 251 Å². The van der Waals surface area contributed by atoms with Crippen molar-refractivity contribution in [1.82, 2.24) is 0 Å². The van der Waals surface area contributed by atoms with E-state index in [9.17, 15) is 4.79 Å². The second-order valence-corrected chi connectivity index (χ2v) is 10.5. The number of rotatable bonds is 21. The van der Waals surface area contributed by atoms with E-state index in [1.807, 2.05) is 48.5 Å². The zero-order valence-corrected chi connectivity index (χ0v) is 25.1. The van der Waals surface area contributed by atoms with Gasteiger partial charge in [-0.3, -0.25) is 4.99 Å². The molecule has 0 aromatic heterocycles. The van der Waals surface area contributed by atoms with Gasteiger partial charge in [0.05, 0.1) is 24.5 Å². The van der Waals surface area contributed by atoms with Gasteiger partial charge in [0.25, 0.3) is 0 Å². The number of aliphatic hydroxyl groups is 1. The lowest BCUT2D eigenvalue weighted by atomic mass is 10.1. The molecule has 0 amide bonds. The van der Waals surface area contributed by atoms with Crippen LogP contribution in [-0.2, 0) is 0 Å². The topological polar surface area (TPSA) is 77.4 Å². The molecule has 0 aliphatic rings. The van der Waals surface area contributed by atoms with Gasteiger partial charge < -0.3 is 19.3 Å². The van der Waals surface area contributed by atoms with E-state index in [0.717, 1.165) is 54.9 Å². The standard InChI is InChI=1S/C36H47NO5/c1-2-3-4-5-6-7-9-12-27-41-34-22-16-31(17-23-34)36(39)42-35-24-18-32(19-25-35)37-29-30-14-20-33(21-15-30)40-28-13-10-8-11-26-38/h14-25,29,38H,2-13,26-28H2,1H3. The Balaban J connectivity index is 1.35. The minimum absolute atomic E-state index is 0.256. The molecule has 0 aliphatic heterocycles. The average molecular weight is 574 g/mol. The van der Waals surface area contributed by atoms with Crippen LogP contribution in [0.4, 0.5) is 5.69 Å². The van der Waals surface area contributed by atoms with Gasteiger partial charge in [-0.1, -0.05) is 58.3 Å². The van der Waals surface area contributed by atoms with Crippen molar-refractivity contribution < 1.29 is 24.1 Å². The van der Waals surface area contributed by atoms with E-state index in [1.54, 1.807) is 30.5 Å². The summed E-state index contributed by atoms with van der Waals surface area (Å²) in [6, 6.07) is 22.0. The van der Waals surface area contributed by atoms with Gasteiger partial charge in [-0.05, 0) is 104 Å². The van der Waals surface area contributed by atoms with Crippen LogP contribution < -0.4 is 14.2 Å². The largest absolute Gasteiger partial charge is 0.494 e. The van der Waals surface area contributed by atoms with E-state index in [0.29, 0.717) is 24.5 Å². The van der Waals surface area contributed by atoms with Gasteiger partial charge in [0, 0.05) is 12.8 Å². The predicted molar refractivity (Wildman–Crippen MR) is 171 cm³/mol. The summed E-state index contributed by atoms with van der Waals surface area (Å²) in [7, 11) is 0. The highest BCUT2D eigenvalue weighted by atomic mass is 16.5. The quantitative estimate of drug-likeness (QED) is 0.0595. The summed E-state index contributed by atoms with van der Waals surface area (Å²) in [6.45, 7) is 3.87. The predicted octanol–water partition coefficient (Wildman–Crippen LogP) is 9.11. The van der Waals surface area contributed by atoms with E-state index >= 15 is 0 Å². The zero-order valence-electron chi connectivity index (χ0n) is 25.1. The van der Waals surface area contributed by atoms with E-state index in [-0.39, 0.29) is 6.61 Å². The molecule has 3 aromatic rings. The summed E-state index contributed by atoms with van der Waals surface area (Å²) in [5.41, 5.74) is 2.20. The van der Waals surface area contributed by atoms with Crippen LogP contribution in [-0.4, -0.2) is 37.1 Å². The maximum atomic E-state index is 12.6. The molecule has 42 heavy (non-hydrogen) atoms. The monoisotopic (exact) mass is 573 g/mol. The number of benzene rings is 3. The summed E-state index contributed by atoms with van der Waals surface area (Å²) in [5, 5.41) is 8.82. The Hall–Kier alpha value is -3.64. The Morgan fingerprint density at radius 3 is 1.71 bits per heavy atom. The summed E-state index contributed by atoms with van der Waals surface area (Å²) in [6.07, 6.45) is 15.9. The Morgan fingerprint density at radius 2 is 1.14 bits per heavy atom. The first-order valence-electron chi connectivity index (χ1n) is 15.6. The number of carbonyl (C=O) groups excluding carboxylic acids is 1. The molecule has 3 rings (SSSR count). The van der Waals surface area contributed by atoms with Crippen molar-refractivity contribution in [2.45, 2.75) is 84.0 Å². The molecule has 0 heterocycles. The van der Waals surface area contributed by atoms with Crippen LogP contribution in [0.5, 0.6) is 17.2 Å². The molecule has 0 atom stereocenters. The molecule has 0 bridgehead atoms. The summed E-state index contributed by atoms with van der Waals surface area (Å²) < 4.78 is 17.1. The molecular formula is C36H47NO5. The Morgan fingerprint density at radius 1 is 0.643 bits per heavy atom. The normalized spacial score (nSPS) is 11.1. The van der Waals surface area contributed by atoms with Crippen molar-refractivity contribution in [3.8, 4) is 17.2 Å². The Bertz CT molecular complexity index is 1160. The molecule has 0 saturated carbocycles. The maximum Gasteiger partial charge on any atom is 0.343 e. The lowest BCUT2D eigenvalue weighted by molar-refractivity contribution is 0.0734. The van der Waals surface area contributed by atoms with Gasteiger partial charge in [0.15, 0.2) is 0 Å². The van der Waals surface area contributed by atoms with Crippen LogP contribution in [0.1, 0.15) is 99.9 Å². The highest BCUT2D eigenvalue weighted by Crippen LogP contribution is 2.21. The number of carbonyl (C=O) groups is 1. The number of nitrogens with zero attached hydrogens (tertiary/aromatic N) is 1. The fraction of sp³-hybridized carbons (Fsp3) is 0.444. The minimum atomic E-state index is -0.409. The van der Waals surface area contributed by atoms with E-state index in [4.69, 9.17) is 19.3 Å². The minimum Gasteiger partial charge on any atom is -0.494 e. The van der Waals surface area contributed by atoms with E-state index in [2.05, 4.69) is 11.9 Å². The smallest absolute Gasteiger partial charge is 0.343 e. The SMILES string of the molecule is CCCCCCCCCCOc1ccc(C(=O)Oc2ccc(N=Cc3ccc(OCCCCCCO)cc3)cc2)cc1. The van der Waals surface area contributed by atoms with Crippen LogP contribution in [0.3, 0.4) is 0 Å². The van der Waals surface area contributed by atoms with Crippen LogP contribution in [0.25, 0.3) is 0 Å². The fourth-order valence-electron chi connectivity index (χ4n) is 4.44. The van der Waals surface area contributed by atoms with Gasteiger partial charge in [-0.15, -0.1) is 0 Å². The zero-order chi connectivity index (χ0) is 29.7. The number of unbranched alkanes of at least 4 members (excludes halogenated alkanes) is 10. The lowest BCUT2D eigenvalue weighted by Gasteiger charge is -2.08. The lowest BCUT2D eigenvalue weighted by Crippen LogP contribution is -2.08. The summed E-state index contributed by atoms with van der Waals surface area (Å²) in [5.74, 6) is 1.66. The first kappa shape index (κ1) is 32.9. The molecule has 1 N–H and O–H groups in total. The molecule has 0 unspecified atom stereocenters. The molecule has 0 aliphatic carbocycles. The van der Waals surface area contributed by atoms with Crippen LogP contribution in [0.2, 0.25) is 0 Å². The number of hydrogen-bond donors (Lipinski definition) is 1. The van der Waals surface area contributed by atoms with E-state index < -0.39 is 5.97 Å². The molecule has 0 spiro atoms. The Kier molecular flexibility index (Phi) is 15.9. The fourth-order valence-corrected chi connectivity index (χ4v) is 4.44. The number of ether oxygens (including phenoxy) is 3. The van der Waals surface area contributed by atoms with Gasteiger partial charge in [0.1, 0.15) is 17.2 Å². The van der Waals surface area contributed by atoms with Crippen LogP contribution in [0.15, 0.2) is 77.8 Å². The third-order valence-electron chi connectivity index (χ3n) is 6.97. The van der Waals surface area contributed by atoms with Crippen molar-refractivity contribution in [3.05, 3.63) is 83.9 Å². The number of esters is 1. The summed E-state index contributed by atoms with van der Waals surface area (Å²) >= 11 is 0. The van der Waals surface area contributed by atoms with Crippen molar-refractivity contribution in [1.29, 1.82) is 0 Å². The van der Waals surface area contributed by atoms with Crippen molar-refractivity contribution in [2.75, 3.05) is 19.8 Å². The number of aliphatic imine (C=N–C) groups is 1. The molecule has 0 saturated heterocycles. The number of hydrogen-bond acceptors (Lipinski definition) is 6. The molecule has 226 valence electrons. The molecule has 6 heteroatoms. The van der Waals surface area contributed by atoms with Gasteiger partial charge in [-0.25, -0.2) is 4.79 Å². The first-order valence-corrected chi connectivity index (χ1v) is 15.6. The average Bonchev–Trinajstić information content (AvgIpc) is 3.02. The molecule has 6 nitrogen and oxygen atoms in total. The first-order chi connectivity index (χ1) is 20.7.